The number of hydrogen-bond donors (Lipinski definition) is 0. The van der Waals surface area contributed by atoms with E-state index in [2.05, 4.69) is 38.2 Å². The van der Waals surface area contributed by atoms with E-state index < -0.39 is 0 Å². The SMILES string of the molecule is CC=CC1CCC(CCC=CC2CCC(CCC)CC2)CC1. The van der Waals surface area contributed by atoms with Crippen LogP contribution in [0.15, 0.2) is 24.3 Å². The zero-order valence-corrected chi connectivity index (χ0v) is 15.1. The first-order chi connectivity index (χ1) is 10.8. The van der Waals surface area contributed by atoms with Gasteiger partial charge in [0.1, 0.15) is 0 Å². The molecule has 0 amide bonds. The minimum Gasteiger partial charge on any atom is -0.0914 e. The Hall–Kier alpha value is -0.520. The zero-order valence-electron chi connectivity index (χ0n) is 15.1. The van der Waals surface area contributed by atoms with Crippen molar-refractivity contribution >= 4 is 0 Å². The van der Waals surface area contributed by atoms with Crippen molar-refractivity contribution in [3.63, 3.8) is 0 Å². The van der Waals surface area contributed by atoms with Crippen molar-refractivity contribution in [2.75, 3.05) is 0 Å². The van der Waals surface area contributed by atoms with Crippen LogP contribution in [0.2, 0.25) is 0 Å². The highest BCUT2D eigenvalue weighted by Gasteiger charge is 2.19. The van der Waals surface area contributed by atoms with Crippen LogP contribution in [-0.2, 0) is 0 Å². The van der Waals surface area contributed by atoms with Crippen molar-refractivity contribution in [3.05, 3.63) is 24.3 Å². The molecular weight excluding hydrogens is 264 g/mol. The molecule has 2 aliphatic rings. The predicted octanol–water partition coefficient (Wildman–Crippen LogP) is 7.31. The molecule has 0 aliphatic heterocycles. The molecule has 2 saturated carbocycles. The number of rotatable bonds is 7. The lowest BCUT2D eigenvalue weighted by atomic mass is 9.79. The second-order valence-electron chi connectivity index (χ2n) is 7.88. The monoisotopic (exact) mass is 302 g/mol. The predicted molar refractivity (Wildman–Crippen MR) is 99.0 cm³/mol. The third-order valence-electron chi connectivity index (χ3n) is 6.09. The summed E-state index contributed by atoms with van der Waals surface area (Å²) in [6, 6.07) is 0. The highest BCUT2D eigenvalue weighted by Crippen LogP contribution is 2.34. The lowest BCUT2D eigenvalue weighted by Gasteiger charge is -2.27. The molecule has 126 valence electrons. The molecule has 0 atom stereocenters. The molecule has 0 unspecified atom stereocenters. The summed E-state index contributed by atoms with van der Waals surface area (Å²) in [7, 11) is 0. The third kappa shape index (κ3) is 6.31. The van der Waals surface area contributed by atoms with Crippen LogP contribution < -0.4 is 0 Å². The van der Waals surface area contributed by atoms with Gasteiger partial charge in [0, 0.05) is 0 Å². The molecule has 0 aromatic carbocycles. The maximum Gasteiger partial charge on any atom is -0.0233 e. The molecule has 0 bridgehead atoms. The Morgan fingerprint density at radius 2 is 1.27 bits per heavy atom. The van der Waals surface area contributed by atoms with Crippen LogP contribution in [0.5, 0.6) is 0 Å². The first kappa shape index (κ1) is 17.8. The fourth-order valence-electron chi connectivity index (χ4n) is 4.64. The normalized spacial score (nSPS) is 33.7. The van der Waals surface area contributed by atoms with Gasteiger partial charge >= 0.3 is 0 Å². The van der Waals surface area contributed by atoms with Crippen LogP contribution >= 0.6 is 0 Å². The van der Waals surface area contributed by atoms with Crippen LogP contribution in [0.25, 0.3) is 0 Å². The highest BCUT2D eigenvalue weighted by molar-refractivity contribution is 4.92. The van der Waals surface area contributed by atoms with Crippen molar-refractivity contribution in [2.24, 2.45) is 23.7 Å². The van der Waals surface area contributed by atoms with Crippen molar-refractivity contribution in [1.29, 1.82) is 0 Å². The van der Waals surface area contributed by atoms with Gasteiger partial charge in [0.05, 0.1) is 0 Å². The summed E-state index contributed by atoms with van der Waals surface area (Å²) in [5.74, 6) is 3.84. The fraction of sp³-hybridized carbons (Fsp3) is 0.818. The molecule has 0 saturated heterocycles. The van der Waals surface area contributed by atoms with Gasteiger partial charge in [-0.25, -0.2) is 0 Å². The summed E-state index contributed by atoms with van der Waals surface area (Å²) in [6.45, 7) is 4.49. The molecule has 0 heteroatoms. The van der Waals surface area contributed by atoms with Crippen molar-refractivity contribution in [1.82, 2.24) is 0 Å². The maximum atomic E-state index is 2.56. The van der Waals surface area contributed by atoms with Crippen LogP contribution in [0.4, 0.5) is 0 Å². The Morgan fingerprint density at radius 1 is 0.727 bits per heavy atom. The van der Waals surface area contributed by atoms with Gasteiger partial charge in [-0.2, -0.15) is 0 Å². The lowest BCUT2D eigenvalue weighted by Crippen LogP contribution is -2.13. The van der Waals surface area contributed by atoms with Crippen LogP contribution in [0.3, 0.4) is 0 Å². The van der Waals surface area contributed by atoms with Gasteiger partial charge in [0.15, 0.2) is 0 Å². The van der Waals surface area contributed by atoms with Crippen molar-refractivity contribution < 1.29 is 0 Å². The lowest BCUT2D eigenvalue weighted by molar-refractivity contribution is 0.291. The molecule has 0 radical (unpaired) electrons. The topological polar surface area (TPSA) is 0 Å². The van der Waals surface area contributed by atoms with E-state index in [0.717, 1.165) is 23.7 Å². The summed E-state index contributed by atoms with van der Waals surface area (Å²) in [6.07, 6.45) is 27.0. The summed E-state index contributed by atoms with van der Waals surface area (Å²) in [5, 5.41) is 0. The van der Waals surface area contributed by atoms with E-state index >= 15 is 0 Å². The van der Waals surface area contributed by atoms with Crippen molar-refractivity contribution in [2.45, 2.75) is 90.9 Å². The molecule has 0 aromatic heterocycles. The van der Waals surface area contributed by atoms with E-state index in [1.807, 2.05) is 0 Å². The molecule has 0 N–H and O–H groups in total. The van der Waals surface area contributed by atoms with Gasteiger partial charge in [-0.05, 0) is 94.8 Å². The first-order valence-corrected chi connectivity index (χ1v) is 10.1. The number of hydrogen-bond acceptors (Lipinski definition) is 0. The van der Waals surface area contributed by atoms with E-state index in [1.165, 1.54) is 77.0 Å². The van der Waals surface area contributed by atoms with Crippen LogP contribution in [-0.4, -0.2) is 0 Å². The highest BCUT2D eigenvalue weighted by atomic mass is 14.3. The van der Waals surface area contributed by atoms with Crippen LogP contribution in [0, 0.1) is 23.7 Å². The fourth-order valence-corrected chi connectivity index (χ4v) is 4.64. The molecule has 0 nitrogen and oxygen atoms in total. The van der Waals surface area contributed by atoms with Gasteiger partial charge in [-0.15, -0.1) is 0 Å². The molecular formula is C22H38. The molecule has 2 rings (SSSR count). The van der Waals surface area contributed by atoms with E-state index in [1.54, 1.807) is 0 Å². The summed E-state index contributed by atoms with van der Waals surface area (Å²) in [4.78, 5) is 0. The summed E-state index contributed by atoms with van der Waals surface area (Å²) < 4.78 is 0. The second-order valence-corrected chi connectivity index (χ2v) is 7.88. The smallest absolute Gasteiger partial charge is 0.0233 e. The summed E-state index contributed by atoms with van der Waals surface area (Å²) in [5.41, 5.74) is 0. The van der Waals surface area contributed by atoms with Gasteiger partial charge in [0.2, 0.25) is 0 Å². The van der Waals surface area contributed by atoms with E-state index in [4.69, 9.17) is 0 Å². The average molecular weight is 303 g/mol. The first-order valence-electron chi connectivity index (χ1n) is 10.1. The van der Waals surface area contributed by atoms with E-state index in [0.29, 0.717) is 0 Å². The molecule has 0 spiro atoms. The minimum absolute atomic E-state index is 0.884. The molecule has 0 aromatic rings. The average Bonchev–Trinajstić information content (AvgIpc) is 2.55. The second kappa shape index (κ2) is 10.3. The molecule has 2 aliphatic carbocycles. The molecule has 2 fully saturated rings. The maximum absolute atomic E-state index is 2.56. The Morgan fingerprint density at radius 3 is 1.82 bits per heavy atom. The molecule has 22 heavy (non-hydrogen) atoms. The van der Waals surface area contributed by atoms with Gasteiger partial charge < -0.3 is 0 Å². The Labute approximate surface area is 139 Å². The third-order valence-corrected chi connectivity index (χ3v) is 6.09. The van der Waals surface area contributed by atoms with Gasteiger partial charge in [-0.3, -0.25) is 0 Å². The zero-order chi connectivity index (χ0) is 15.6. The van der Waals surface area contributed by atoms with Crippen LogP contribution in [0.1, 0.15) is 90.9 Å². The quantitative estimate of drug-likeness (QED) is 0.432. The van der Waals surface area contributed by atoms with Gasteiger partial charge in [-0.1, -0.05) is 44.1 Å². The largest absolute Gasteiger partial charge is 0.0914 e. The van der Waals surface area contributed by atoms with Crippen molar-refractivity contribution in [3.8, 4) is 0 Å². The Kier molecular flexibility index (Phi) is 8.34. The standard InChI is InChI=1S/C22H38/c1-3-7-19-11-15-21(16-12-19)9-5-6-10-22-17-13-20(8-4-2)14-18-22/h3,6-7,10,19-22H,4-5,8-9,11-18H2,1-2H3. The van der Waals surface area contributed by atoms with Gasteiger partial charge in [0.25, 0.3) is 0 Å². The Bertz CT molecular complexity index is 322. The minimum atomic E-state index is 0.884. The van der Waals surface area contributed by atoms with E-state index in [-0.39, 0.29) is 0 Å². The Balaban J connectivity index is 1.55. The molecule has 0 heterocycles. The van der Waals surface area contributed by atoms with E-state index in [9.17, 15) is 0 Å². The summed E-state index contributed by atoms with van der Waals surface area (Å²) >= 11 is 0. The number of allylic oxidation sites excluding steroid dienone is 4.